The van der Waals surface area contributed by atoms with Crippen LogP contribution in [0.1, 0.15) is 36.0 Å². The molecule has 0 fully saturated rings. The van der Waals surface area contributed by atoms with Crippen molar-refractivity contribution in [2.45, 2.75) is 6.54 Å². The van der Waals surface area contributed by atoms with Gasteiger partial charge in [0.2, 0.25) is 0 Å². The molecule has 0 aliphatic carbocycles. The summed E-state index contributed by atoms with van der Waals surface area (Å²) < 4.78 is 0. The van der Waals surface area contributed by atoms with E-state index in [1.54, 1.807) is 67.7 Å². The highest BCUT2D eigenvalue weighted by Gasteiger charge is 2.14. The maximum absolute atomic E-state index is 12.6. The molecule has 0 unspecified atom stereocenters. The van der Waals surface area contributed by atoms with Gasteiger partial charge in [-0.25, -0.2) is 0 Å². The standard InChI is InChI=1S/C21H19N3O3S/c1-22-19(25)15-10-8-14(9-11-15)13-23-20(26)16-5-2-3-6-17(16)24-21(27)18-7-4-12-28-18/h2-12H,13H2,1H3,(H,22,25)(H,23,26)(H,24,27). The summed E-state index contributed by atoms with van der Waals surface area (Å²) in [6, 6.07) is 17.4. The van der Waals surface area contributed by atoms with Crippen LogP contribution in [-0.2, 0) is 6.54 Å². The van der Waals surface area contributed by atoms with E-state index in [4.69, 9.17) is 0 Å². The molecule has 0 atom stereocenters. The lowest BCUT2D eigenvalue weighted by atomic mass is 10.1. The van der Waals surface area contributed by atoms with Crippen molar-refractivity contribution in [3.8, 4) is 0 Å². The Morgan fingerprint density at radius 3 is 2.29 bits per heavy atom. The van der Waals surface area contributed by atoms with Crippen molar-refractivity contribution >= 4 is 34.7 Å². The first kappa shape index (κ1) is 19.3. The number of carbonyl (C=O) groups is 3. The molecule has 3 aromatic rings. The number of para-hydroxylation sites is 1. The van der Waals surface area contributed by atoms with Gasteiger partial charge in [-0.2, -0.15) is 0 Å². The van der Waals surface area contributed by atoms with Gasteiger partial charge in [0.15, 0.2) is 0 Å². The van der Waals surface area contributed by atoms with Crippen molar-refractivity contribution in [1.29, 1.82) is 0 Å². The third-order valence-electron chi connectivity index (χ3n) is 4.06. The second-order valence-corrected chi connectivity index (χ2v) is 6.88. The number of anilines is 1. The number of benzene rings is 2. The smallest absolute Gasteiger partial charge is 0.265 e. The van der Waals surface area contributed by atoms with Crippen LogP contribution in [0.2, 0.25) is 0 Å². The summed E-state index contributed by atoms with van der Waals surface area (Å²) in [5, 5.41) is 10.0. The van der Waals surface area contributed by atoms with E-state index in [1.807, 2.05) is 5.38 Å². The van der Waals surface area contributed by atoms with Crippen LogP contribution in [0.3, 0.4) is 0 Å². The zero-order valence-electron chi connectivity index (χ0n) is 15.2. The van der Waals surface area contributed by atoms with Crippen molar-refractivity contribution in [2.75, 3.05) is 12.4 Å². The van der Waals surface area contributed by atoms with Gasteiger partial charge in [-0.15, -0.1) is 11.3 Å². The lowest BCUT2D eigenvalue weighted by Crippen LogP contribution is -2.25. The van der Waals surface area contributed by atoms with Gasteiger partial charge in [-0.1, -0.05) is 30.3 Å². The van der Waals surface area contributed by atoms with Crippen LogP contribution in [-0.4, -0.2) is 24.8 Å². The van der Waals surface area contributed by atoms with Gasteiger partial charge in [0.1, 0.15) is 0 Å². The largest absolute Gasteiger partial charge is 0.355 e. The van der Waals surface area contributed by atoms with Crippen LogP contribution in [0.4, 0.5) is 5.69 Å². The first-order valence-electron chi connectivity index (χ1n) is 8.61. The van der Waals surface area contributed by atoms with E-state index in [2.05, 4.69) is 16.0 Å². The Balaban J connectivity index is 1.66. The van der Waals surface area contributed by atoms with E-state index < -0.39 is 0 Å². The van der Waals surface area contributed by atoms with Crippen LogP contribution in [0, 0.1) is 0 Å². The average molecular weight is 393 g/mol. The zero-order valence-corrected chi connectivity index (χ0v) is 16.0. The molecule has 3 amide bonds. The fourth-order valence-electron chi connectivity index (χ4n) is 2.58. The summed E-state index contributed by atoms with van der Waals surface area (Å²) in [5.41, 5.74) is 2.25. The number of rotatable bonds is 6. The van der Waals surface area contributed by atoms with E-state index in [-0.39, 0.29) is 17.7 Å². The summed E-state index contributed by atoms with van der Waals surface area (Å²) in [4.78, 5) is 37.0. The minimum Gasteiger partial charge on any atom is -0.355 e. The molecule has 0 aliphatic heterocycles. The summed E-state index contributed by atoms with van der Waals surface area (Å²) in [6.07, 6.45) is 0. The van der Waals surface area contributed by atoms with Crippen molar-refractivity contribution in [3.05, 3.63) is 87.6 Å². The minimum absolute atomic E-state index is 0.161. The Labute approximate surface area is 166 Å². The predicted octanol–water partition coefficient (Wildman–Crippen LogP) is 3.29. The van der Waals surface area contributed by atoms with Gasteiger partial charge in [-0.05, 0) is 41.3 Å². The molecular weight excluding hydrogens is 374 g/mol. The zero-order chi connectivity index (χ0) is 19.9. The van der Waals surface area contributed by atoms with Crippen LogP contribution >= 0.6 is 11.3 Å². The van der Waals surface area contributed by atoms with E-state index in [0.29, 0.717) is 28.2 Å². The van der Waals surface area contributed by atoms with Crippen molar-refractivity contribution < 1.29 is 14.4 Å². The topological polar surface area (TPSA) is 87.3 Å². The number of thiophene rings is 1. The minimum atomic E-state index is -0.294. The molecule has 2 aromatic carbocycles. The Morgan fingerprint density at radius 1 is 0.857 bits per heavy atom. The van der Waals surface area contributed by atoms with Gasteiger partial charge in [-0.3, -0.25) is 14.4 Å². The van der Waals surface area contributed by atoms with Crippen molar-refractivity contribution in [1.82, 2.24) is 10.6 Å². The Hall–Kier alpha value is -3.45. The Kier molecular flexibility index (Phi) is 6.18. The number of nitrogens with one attached hydrogen (secondary N) is 3. The molecule has 0 aliphatic rings. The van der Waals surface area contributed by atoms with E-state index in [9.17, 15) is 14.4 Å². The molecule has 7 heteroatoms. The van der Waals surface area contributed by atoms with E-state index in [0.717, 1.165) is 5.56 Å². The highest BCUT2D eigenvalue weighted by Crippen LogP contribution is 2.18. The van der Waals surface area contributed by atoms with Gasteiger partial charge in [0.05, 0.1) is 16.1 Å². The first-order valence-corrected chi connectivity index (χ1v) is 9.49. The maximum Gasteiger partial charge on any atom is 0.265 e. The quantitative estimate of drug-likeness (QED) is 0.601. The van der Waals surface area contributed by atoms with Gasteiger partial charge in [0, 0.05) is 19.2 Å². The summed E-state index contributed by atoms with van der Waals surface area (Å²) in [5.74, 6) is -0.705. The van der Waals surface area contributed by atoms with Gasteiger partial charge >= 0.3 is 0 Å². The van der Waals surface area contributed by atoms with Crippen LogP contribution in [0.5, 0.6) is 0 Å². The lowest BCUT2D eigenvalue weighted by molar-refractivity contribution is 0.0946. The van der Waals surface area contributed by atoms with Crippen LogP contribution < -0.4 is 16.0 Å². The summed E-state index contributed by atoms with van der Waals surface area (Å²) in [6.45, 7) is 0.306. The Morgan fingerprint density at radius 2 is 1.61 bits per heavy atom. The van der Waals surface area contributed by atoms with Crippen LogP contribution in [0.15, 0.2) is 66.0 Å². The van der Waals surface area contributed by atoms with Crippen LogP contribution in [0.25, 0.3) is 0 Å². The molecule has 0 saturated heterocycles. The fraction of sp³-hybridized carbons (Fsp3) is 0.0952. The highest BCUT2D eigenvalue weighted by atomic mass is 32.1. The second-order valence-electron chi connectivity index (χ2n) is 5.94. The molecule has 0 bridgehead atoms. The Bertz CT molecular complexity index is 982. The molecule has 1 aromatic heterocycles. The first-order chi connectivity index (χ1) is 13.6. The molecule has 0 radical (unpaired) electrons. The van der Waals surface area contributed by atoms with Crippen molar-refractivity contribution in [2.24, 2.45) is 0 Å². The molecule has 0 spiro atoms. The monoisotopic (exact) mass is 393 g/mol. The predicted molar refractivity (Wildman–Crippen MR) is 110 cm³/mol. The van der Waals surface area contributed by atoms with Gasteiger partial charge in [0.25, 0.3) is 17.7 Å². The van der Waals surface area contributed by atoms with E-state index >= 15 is 0 Å². The van der Waals surface area contributed by atoms with Gasteiger partial charge < -0.3 is 16.0 Å². The molecule has 142 valence electrons. The SMILES string of the molecule is CNC(=O)c1ccc(CNC(=O)c2ccccc2NC(=O)c2cccs2)cc1. The number of amides is 3. The van der Waals surface area contributed by atoms with Crippen molar-refractivity contribution in [3.63, 3.8) is 0 Å². The molecule has 28 heavy (non-hydrogen) atoms. The number of carbonyl (C=O) groups excluding carboxylic acids is 3. The lowest BCUT2D eigenvalue weighted by Gasteiger charge is -2.11. The number of hydrogen-bond acceptors (Lipinski definition) is 4. The maximum atomic E-state index is 12.6. The average Bonchev–Trinajstić information content (AvgIpc) is 3.27. The molecular formula is C21H19N3O3S. The molecule has 6 nitrogen and oxygen atoms in total. The summed E-state index contributed by atoms with van der Waals surface area (Å²) >= 11 is 1.34. The third-order valence-corrected chi connectivity index (χ3v) is 4.93. The molecule has 3 rings (SSSR count). The summed E-state index contributed by atoms with van der Waals surface area (Å²) in [7, 11) is 1.57. The third kappa shape index (κ3) is 4.63. The molecule has 3 N–H and O–H groups in total. The van der Waals surface area contributed by atoms with E-state index in [1.165, 1.54) is 11.3 Å². The fourth-order valence-corrected chi connectivity index (χ4v) is 3.20. The second kappa shape index (κ2) is 8.96. The normalized spacial score (nSPS) is 10.2. The molecule has 1 heterocycles. The molecule has 0 saturated carbocycles. The number of hydrogen-bond donors (Lipinski definition) is 3. The highest BCUT2D eigenvalue weighted by molar-refractivity contribution is 7.12.